The average Bonchev–Trinajstić information content (AvgIpc) is 2.85. The third kappa shape index (κ3) is 3.44. The molecular formula is C11H8F3N3O2S. The highest BCUT2D eigenvalue weighted by atomic mass is 32.1. The summed E-state index contributed by atoms with van der Waals surface area (Å²) >= 11 is 1.14. The van der Waals surface area contributed by atoms with Gasteiger partial charge in [-0.1, -0.05) is 0 Å². The maximum absolute atomic E-state index is 12.3. The van der Waals surface area contributed by atoms with E-state index >= 15 is 0 Å². The molecule has 0 aliphatic rings. The van der Waals surface area contributed by atoms with Crippen LogP contribution in [0.5, 0.6) is 0 Å². The maximum atomic E-state index is 12.3. The van der Waals surface area contributed by atoms with Crippen molar-refractivity contribution >= 4 is 23.1 Å². The number of halogens is 3. The van der Waals surface area contributed by atoms with E-state index in [0.717, 1.165) is 23.6 Å². The summed E-state index contributed by atoms with van der Waals surface area (Å²) in [7, 11) is 0. The number of nitrogens with one attached hydrogen (secondary N) is 1. The first-order chi connectivity index (χ1) is 9.36. The Balaban J connectivity index is 1.98. The average molecular weight is 303 g/mol. The molecule has 106 valence electrons. The van der Waals surface area contributed by atoms with Gasteiger partial charge in [0.05, 0.1) is 12.1 Å². The molecule has 0 aromatic carbocycles. The van der Waals surface area contributed by atoms with Crippen LogP contribution < -0.4 is 5.32 Å². The lowest BCUT2D eigenvalue weighted by molar-refractivity contribution is -0.137. The minimum absolute atomic E-state index is 0.0628. The Labute approximate surface area is 115 Å². The summed E-state index contributed by atoms with van der Waals surface area (Å²) in [6, 6.07) is 2.12. The molecule has 0 saturated heterocycles. The molecule has 2 aromatic heterocycles. The molecule has 0 spiro atoms. The second-order valence-corrected chi connectivity index (χ2v) is 4.66. The van der Waals surface area contributed by atoms with Gasteiger partial charge < -0.3 is 10.4 Å². The Hall–Kier alpha value is -2.16. The van der Waals surface area contributed by atoms with E-state index < -0.39 is 17.7 Å². The van der Waals surface area contributed by atoms with Crippen molar-refractivity contribution in [2.75, 3.05) is 5.32 Å². The summed E-state index contributed by atoms with van der Waals surface area (Å²) in [6.07, 6.45) is -3.69. The Morgan fingerprint density at radius 1 is 1.40 bits per heavy atom. The van der Waals surface area contributed by atoms with Crippen LogP contribution in [0.15, 0.2) is 23.7 Å². The molecule has 2 rings (SSSR count). The van der Waals surface area contributed by atoms with Gasteiger partial charge in [-0.25, -0.2) is 14.8 Å². The van der Waals surface area contributed by atoms with Gasteiger partial charge in [0, 0.05) is 11.6 Å². The first-order valence-corrected chi connectivity index (χ1v) is 6.19. The summed E-state index contributed by atoms with van der Waals surface area (Å²) in [5.74, 6) is -0.870. The van der Waals surface area contributed by atoms with Crippen molar-refractivity contribution in [3.63, 3.8) is 0 Å². The second-order valence-electron chi connectivity index (χ2n) is 3.72. The Bertz CT molecular complexity index is 610. The third-order valence-electron chi connectivity index (χ3n) is 2.28. The number of hydrogen-bond donors (Lipinski definition) is 2. The lowest BCUT2D eigenvalue weighted by Crippen LogP contribution is -2.07. The van der Waals surface area contributed by atoms with Crippen LogP contribution in [0.25, 0.3) is 0 Å². The molecule has 0 fully saturated rings. The van der Waals surface area contributed by atoms with E-state index in [4.69, 9.17) is 5.11 Å². The number of nitrogens with zero attached hydrogens (tertiary/aromatic N) is 2. The zero-order valence-corrected chi connectivity index (χ0v) is 10.6. The number of carboxylic acids is 1. The Morgan fingerprint density at radius 3 is 2.65 bits per heavy atom. The summed E-state index contributed by atoms with van der Waals surface area (Å²) in [4.78, 5) is 18.1. The summed E-state index contributed by atoms with van der Waals surface area (Å²) in [6.45, 7) is 0.191. The second kappa shape index (κ2) is 5.45. The molecule has 0 radical (unpaired) electrons. The fourth-order valence-corrected chi connectivity index (χ4v) is 2.03. The lowest BCUT2D eigenvalue weighted by atomic mass is 10.3. The van der Waals surface area contributed by atoms with Gasteiger partial charge >= 0.3 is 12.1 Å². The minimum atomic E-state index is -4.42. The zero-order chi connectivity index (χ0) is 14.8. The zero-order valence-electron chi connectivity index (χ0n) is 9.81. The molecule has 0 bridgehead atoms. The number of anilines is 1. The van der Waals surface area contributed by atoms with Gasteiger partial charge in [-0.05, 0) is 12.1 Å². The number of pyridine rings is 1. The van der Waals surface area contributed by atoms with E-state index in [1.165, 1.54) is 11.4 Å². The van der Waals surface area contributed by atoms with Crippen LogP contribution in [-0.4, -0.2) is 21.0 Å². The van der Waals surface area contributed by atoms with Gasteiger partial charge in [-0.15, -0.1) is 11.3 Å². The van der Waals surface area contributed by atoms with Crippen LogP contribution >= 0.6 is 11.3 Å². The Kier molecular flexibility index (Phi) is 3.89. The third-order valence-corrected chi connectivity index (χ3v) is 3.13. The number of carboxylic acid groups (broad SMARTS) is 1. The highest BCUT2D eigenvalue weighted by molar-refractivity contribution is 7.09. The van der Waals surface area contributed by atoms with E-state index in [9.17, 15) is 18.0 Å². The topological polar surface area (TPSA) is 75.1 Å². The van der Waals surface area contributed by atoms with Crippen molar-refractivity contribution in [3.05, 3.63) is 40.0 Å². The van der Waals surface area contributed by atoms with Crippen molar-refractivity contribution in [1.82, 2.24) is 9.97 Å². The molecule has 2 N–H and O–H groups in total. The van der Waals surface area contributed by atoms with Crippen LogP contribution in [0, 0.1) is 0 Å². The number of rotatable bonds is 4. The Morgan fingerprint density at radius 2 is 2.15 bits per heavy atom. The number of alkyl halides is 3. The monoisotopic (exact) mass is 303 g/mol. The molecule has 0 aliphatic heterocycles. The van der Waals surface area contributed by atoms with Gasteiger partial charge in [0.15, 0.2) is 5.69 Å². The van der Waals surface area contributed by atoms with Gasteiger partial charge in [-0.3, -0.25) is 0 Å². The minimum Gasteiger partial charge on any atom is -0.476 e. The molecule has 0 amide bonds. The molecule has 2 aromatic rings. The highest BCUT2D eigenvalue weighted by Gasteiger charge is 2.30. The van der Waals surface area contributed by atoms with Gasteiger partial charge in [0.2, 0.25) is 0 Å². The smallest absolute Gasteiger partial charge is 0.417 e. The molecule has 2 heterocycles. The van der Waals surface area contributed by atoms with Crippen molar-refractivity contribution in [2.45, 2.75) is 12.7 Å². The van der Waals surface area contributed by atoms with Crippen LogP contribution in [0.3, 0.4) is 0 Å². The van der Waals surface area contributed by atoms with Crippen LogP contribution in [0.4, 0.5) is 19.0 Å². The van der Waals surface area contributed by atoms with Crippen molar-refractivity contribution in [1.29, 1.82) is 0 Å². The van der Waals surface area contributed by atoms with Crippen LogP contribution in [-0.2, 0) is 12.7 Å². The molecule has 20 heavy (non-hydrogen) atoms. The fraction of sp³-hybridized carbons (Fsp3) is 0.182. The van der Waals surface area contributed by atoms with Crippen molar-refractivity contribution in [3.8, 4) is 0 Å². The van der Waals surface area contributed by atoms with Crippen LogP contribution in [0.2, 0.25) is 0 Å². The predicted molar refractivity (Wildman–Crippen MR) is 65.6 cm³/mol. The molecule has 9 heteroatoms. The van der Waals surface area contributed by atoms with E-state index in [2.05, 4.69) is 15.3 Å². The maximum Gasteiger partial charge on any atom is 0.417 e. The standard InChI is InChI=1S/C11H8F3N3O2S/c12-11(13,14)6-1-2-8(15-3-6)16-4-9-17-7(5-20-9)10(18)19/h1-3,5H,4H2,(H,15,16)(H,18,19). The number of hydrogen-bond acceptors (Lipinski definition) is 5. The van der Waals surface area contributed by atoms with E-state index in [0.29, 0.717) is 5.01 Å². The number of thiazole rings is 1. The molecule has 0 aliphatic carbocycles. The molecule has 0 saturated carbocycles. The summed E-state index contributed by atoms with van der Waals surface area (Å²) in [5.41, 5.74) is -0.891. The SMILES string of the molecule is O=C(O)c1csc(CNc2ccc(C(F)(F)F)cn2)n1. The van der Waals surface area contributed by atoms with Gasteiger partial charge in [0.25, 0.3) is 0 Å². The molecular weight excluding hydrogens is 295 g/mol. The first kappa shape index (κ1) is 14.3. The van der Waals surface area contributed by atoms with Gasteiger partial charge in [-0.2, -0.15) is 13.2 Å². The van der Waals surface area contributed by atoms with Crippen molar-refractivity contribution in [2.24, 2.45) is 0 Å². The summed E-state index contributed by atoms with van der Waals surface area (Å²) in [5, 5.41) is 13.4. The van der Waals surface area contributed by atoms with Gasteiger partial charge in [0.1, 0.15) is 10.8 Å². The van der Waals surface area contributed by atoms with E-state index in [1.54, 1.807) is 0 Å². The van der Waals surface area contributed by atoms with Crippen LogP contribution in [0.1, 0.15) is 21.1 Å². The van der Waals surface area contributed by atoms with Crippen molar-refractivity contribution < 1.29 is 23.1 Å². The quantitative estimate of drug-likeness (QED) is 0.908. The predicted octanol–water partition coefficient (Wildman–Crippen LogP) is 2.87. The highest BCUT2D eigenvalue weighted by Crippen LogP contribution is 2.28. The fourth-order valence-electron chi connectivity index (χ4n) is 1.32. The lowest BCUT2D eigenvalue weighted by Gasteiger charge is -2.07. The molecule has 0 unspecified atom stereocenters. The first-order valence-electron chi connectivity index (χ1n) is 5.31. The van der Waals surface area contributed by atoms with E-state index in [1.807, 2.05) is 0 Å². The normalized spacial score (nSPS) is 11.3. The number of aromatic carboxylic acids is 1. The number of aromatic nitrogens is 2. The largest absolute Gasteiger partial charge is 0.476 e. The molecule has 5 nitrogen and oxygen atoms in total. The summed E-state index contributed by atoms with van der Waals surface area (Å²) < 4.78 is 37.0. The molecule has 0 atom stereocenters. The van der Waals surface area contributed by atoms with E-state index in [-0.39, 0.29) is 18.1 Å². The number of carbonyl (C=O) groups is 1.